The number of halogens is 4. The predicted octanol–water partition coefficient (Wildman–Crippen LogP) is 9.27. The van der Waals surface area contributed by atoms with Crippen molar-refractivity contribution in [3.63, 3.8) is 0 Å². The third kappa shape index (κ3) is 6.21. The van der Waals surface area contributed by atoms with Gasteiger partial charge in [-0.05, 0) is 108 Å². The fourth-order valence-corrected chi connectivity index (χ4v) is 9.15. The maximum absolute atomic E-state index is 14.3. The molecule has 0 bridgehead atoms. The summed E-state index contributed by atoms with van der Waals surface area (Å²) >= 11 is 0. The third-order valence-electron chi connectivity index (χ3n) is 12.3. The minimum absolute atomic E-state index is 0.0583. The van der Waals surface area contributed by atoms with E-state index in [2.05, 4.69) is 0 Å². The fraction of sp³-hybridized carbons (Fsp3) is 0.167. The van der Waals surface area contributed by atoms with Crippen molar-refractivity contribution < 1.29 is 47.0 Å². The van der Waals surface area contributed by atoms with Gasteiger partial charge in [0.1, 0.15) is 23.3 Å². The van der Waals surface area contributed by atoms with E-state index in [0.29, 0.717) is 46.5 Å². The minimum atomic E-state index is -1.08. The summed E-state index contributed by atoms with van der Waals surface area (Å²) in [5.74, 6) is -4.41. The molecule has 6 aromatic carbocycles. The Morgan fingerprint density at radius 1 is 0.533 bits per heavy atom. The quantitative estimate of drug-likeness (QED) is 0.148. The smallest absolute Gasteiger partial charge is 0.335 e. The molecule has 0 unspecified atom stereocenters. The molecule has 4 atom stereocenters. The Morgan fingerprint density at radius 3 is 1.25 bits per heavy atom. The number of aromatic carboxylic acids is 2. The SMILES string of the molecule is O=C(O)c1ccc2c(c1)[C@@]1(C[C@H]1c1ccc(F)cc1)C(=O)N2Cc1ccccc1F.O=C(O)c1ccc2c(c1)[C@]1(C[C@@H]1c1ccc(F)cc1)C(=O)N2Cc1ccccc1F. The second kappa shape index (κ2) is 14.3. The highest BCUT2D eigenvalue weighted by molar-refractivity contribution is 6.13. The van der Waals surface area contributed by atoms with Crippen LogP contribution in [0.2, 0.25) is 0 Å². The second-order valence-electron chi connectivity index (χ2n) is 15.6. The van der Waals surface area contributed by atoms with Gasteiger partial charge in [-0.1, -0.05) is 60.7 Å². The lowest BCUT2D eigenvalue weighted by Gasteiger charge is -2.19. The Morgan fingerprint density at radius 2 is 0.900 bits per heavy atom. The first kappa shape index (κ1) is 38.4. The summed E-state index contributed by atoms with van der Waals surface area (Å²) in [6.07, 6.45) is 1.00. The van der Waals surface area contributed by atoms with Gasteiger partial charge in [-0.15, -0.1) is 0 Å². The van der Waals surface area contributed by atoms with Crippen molar-refractivity contribution >= 4 is 35.1 Å². The zero-order chi connectivity index (χ0) is 42.1. The Kier molecular flexibility index (Phi) is 9.18. The highest BCUT2D eigenvalue weighted by atomic mass is 19.1. The number of rotatable bonds is 8. The molecule has 300 valence electrons. The molecule has 8 nitrogen and oxygen atoms in total. The summed E-state index contributed by atoms with van der Waals surface area (Å²) in [5.41, 5.74) is 3.27. The number of amides is 2. The number of fused-ring (bicyclic) bond motifs is 4. The lowest BCUT2D eigenvalue weighted by atomic mass is 9.91. The van der Waals surface area contributed by atoms with E-state index in [1.54, 1.807) is 84.9 Å². The summed E-state index contributed by atoms with van der Waals surface area (Å²) in [4.78, 5) is 53.3. The normalized spacial score (nSPS) is 21.7. The van der Waals surface area contributed by atoms with E-state index in [9.17, 15) is 47.0 Å². The lowest BCUT2D eigenvalue weighted by molar-refractivity contribution is -0.121. The zero-order valence-electron chi connectivity index (χ0n) is 31.6. The van der Waals surface area contributed by atoms with Crippen LogP contribution in [0.4, 0.5) is 28.9 Å². The van der Waals surface area contributed by atoms with Crippen LogP contribution in [0.1, 0.15) is 78.8 Å². The molecule has 2 spiro atoms. The van der Waals surface area contributed by atoms with Gasteiger partial charge >= 0.3 is 11.9 Å². The van der Waals surface area contributed by atoms with Crippen LogP contribution in [0.15, 0.2) is 133 Å². The molecule has 0 aromatic heterocycles. The first-order valence-corrected chi connectivity index (χ1v) is 19.2. The van der Waals surface area contributed by atoms with Crippen LogP contribution in [0.25, 0.3) is 0 Å². The average Bonchev–Trinajstić information content (AvgIpc) is 4.15. The number of hydrogen-bond donors (Lipinski definition) is 2. The van der Waals surface area contributed by atoms with Crippen molar-refractivity contribution in [1.29, 1.82) is 0 Å². The maximum Gasteiger partial charge on any atom is 0.335 e. The molecule has 10 rings (SSSR count). The number of carboxylic acid groups (broad SMARTS) is 2. The molecule has 2 heterocycles. The van der Waals surface area contributed by atoms with Crippen molar-refractivity contribution in [2.45, 2.75) is 48.6 Å². The number of nitrogens with zero attached hydrogens (tertiary/aromatic N) is 2. The van der Waals surface area contributed by atoms with Gasteiger partial charge in [-0.3, -0.25) is 9.59 Å². The summed E-state index contributed by atoms with van der Waals surface area (Å²) in [7, 11) is 0. The van der Waals surface area contributed by atoms with Crippen LogP contribution in [-0.2, 0) is 33.5 Å². The number of hydrogen-bond acceptors (Lipinski definition) is 4. The van der Waals surface area contributed by atoms with Crippen LogP contribution in [-0.4, -0.2) is 34.0 Å². The van der Waals surface area contributed by atoms with E-state index in [1.165, 1.54) is 58.3 Å². The highest BCUT2D eigenvalue weighted by Crippen LogP contribution is 2.68. The number of carbonyl (C=O) groups excluding carboxylic acids is 2. The molecule has 2 aliphatic heterocycles. The summed E-state index contributed by atoms with van der Waals surface area (Å²) in [6.45, 7) is 0.117. The average molecular weight is 811 g/mol. The number of carbonyl (C=O) groups is 4. The number of anilines is 2. The lowest BCUT2D eigenvalue weighted by Crippen LogP contribution is -2.32. The predicted molar refractivity (Wildman–Crippen MR) is 213 cm³/mol. The fourth-order valence-electron chi connectivity index (χ4n) is 9.15. The molecule has 2 N–H and O–H groups in total. The summed E-state index contributed by atoms with van der Waals surface area (Å²) in [6, 6.07) is 33.8. The van der Waals surface area contributed by atoms with Gasteiger partial charge in [0, 0.05) is 34.3 Å². The van der Waals surface area contributed by atoms with Crippen molar-refractivity contribution in [1.82, 2.24) is 0 Å². The molecule has 60 heavy (non-hydrogen) atoms. The Labute approximate surface area is 340 Å². The Bertz CT molecular complexity index is 2570. The molecular weight excluding hydrogens is 777 g/mol. The van der Waals surface area contributed by atoms with E-state index in [0.717, 1.165) is 11.1 Å². The van der Waals surface area contributed by atoms with Crippen LogP contribution < -0.4 is 9.80 Å². The van der Waals surface area contributed by atoms with E-state index in [-0.39, 0.29) is 59.5 Å². The Hall–Kier alpha value is -7.08. The number of benzene rings is 6. The van der Waals surface area contributed by atoms with E-state index in [4.69, 9.17) is 0 Å². The third-order valence-corrected chi connectivity index (χ3v) is 12.3. The molecule has 12 heteroatoms. The van der Waals surface area contributed by atoms with Crippen molar-refractivity contribution in [3.05, 3.63) is 201 Å². The monoisotopic (exact) mass is 810 g/mol. The molecule has 0 radical (unpaired) electrons. The van der Waals surface area contributed by atoms with Gasteiger partial charge in [0.2, 0.25) is 11.8 Å². The second-order valence-corrected chi connectivity index (χ2v) is 15.6. The first-order chi connectivity index (χ1) is 28.8. The molecule has 2 aliphatic carbocycles. The van der Waals surface area contributed by atoms with Gasteiger partial charge in [0.05, 0.1) is 35.0 Å². The topological polar surface area (TPSA) is 115 Å². The molecule has 0 saturated heterocycles. The summed E-state index contributed by atoms with van der Waals surface area (Å²) < 4.78 is 55.2. The molecule has 2 amide bonds. The first-order valence-electron chi connectivity index (χ1n) is 19.2. The molecule has 2 fully saturated rings. The van der Waals surface area contributed by atoms with Gasteiger partial charge in [0.15, 0.2) is 0 Å². The maximum atomic E-state index is 14.3. The molecule has 2 saturated carbocycles. The van der Waals surface area contributed by atoms with Gasteiger partial charge in [-0.25, -0.2) is 27.2 Å². The number of carboxylic acids is 2. The van der Waals surface area contributed by atoms with Gasteiger partial charge < -0.3 is 20.0 Å². The Balaban J connectivity index is 0.000000154. The zero-order valence-corrected chi connectivity index (χ0v) is 31.6. The minimum Gasteiger partial charge on any atom is -0.478 e. The molecular formula is C48H34F4N2O6. The van der Waals surface area contributed by atoms with Crippen LogP contribution >= 0.6 is 0 Å². The van der Waals surface area contributed by atoms with E-state index in [1.807, 2.05) is 0 Å². The summed E-state index contributed by atoms with van der Waals surface area (Å²) in [5, 5.41) is 18.9. The van der Waals surface area contributed by atoms with Crippen LogP contribution in [0, 0.1) is 23.3 Å². The van der Waals surface area contributed by atoms with Crippen molar-refractivity contribution in [2.24, 2.45) is 0 Å². The van der Waals surface area contributed by atoms with Gasteiger partial charge in [-0.2, -0.15) is 0 Å². The van der Waals surface area contributed by atoms with E-state index < -0.39 is 34.4 Å². The largest absolute Gasteiger partial charge is 0.478 e. The van der Waals surface area contributed by atoms with E-state index >= 15 is 0 Å². The van der Waals surface area contributed by atoms with Crippen molar-refractivity contribution in [3.8, 4) is 0 Å². The molecule has 4 aliphatic rings. The standard InChI is InChI=1S/2C24H17F2NO3/c2*25-17-8-5-14(6-9-17)19-12-24(19)18-11-15(22(28)29)7-10-21(18)27(23(24)30)13-16-3-1-2-4-20(16)26/h2*1-11,19H,12-13H2,(H,28,29)/t2*19-,24+/m10/s1. The van der Waals surface area contributed by atoms with Crippen LogP contribution in [0.3, 0.4) is 0 Å². The van der Waals surface area contributed by atoms with Crippen LogP contribution in [0.5, 0.6) is 0 Å². The van der Waals surface area contributed by atoms with Gasteiger partial charge in [0.25, 0.3) is 0 Å². The highest BCUT2D eigenvalue weighted by Gasteiger charge is 2.68. The molecule has 6 aromatic rings. The van der Waals surface area contributed by atoms with Crippen molar-refractivity contribution in [2.75, 3.05) is 9.80 Å².